The van der Waals surface area contributed by atoms with Crippen molar-refractivity contribution in [3.05, 3.63) is 35.4 Å². The number of rotatable bonds is 4. The SMILES string of the molecule is CC(C)C[C@@H]1NC(=O)C2(CCCCCOC[C@@H]3CCCN3C1=O)CCN(Cc1ccc(C(F)(F)F)cc1)CC2. The number of benzene rings is 1. The first-order valence-electron chi connectivity index (χ1n) is 14.6. The van der Waals surface area contributed by atoms with Gasteiger partial charge < -0.3 is 15.0 Å². The van der Waals surface area contributed by atoms with Gasteiger partial charge in [0.2, 0.25) is 11.8 Å². The van der Waals surface area contributed by atoms with E-state index < -0.39 is 23.2 Å². The van der Waals surface area contributed by atoms with E-state index in [0.29, 0.717) is 58.7 Å². The fraction of sp³-hybridized carbons (Fsp3) is 0.733. The zero-order valence-electron chi connectivity index (χ0n) is 23.4. The molecule has 3 aliphatic rings. The third-order valence-electron chi connectivity index (χ3n) is 8.71. The molecular weight excluding hydrogens is 507 g/mol. The van der Waals surface area contributed by atoms with Crippen LogP contribution in [0.4, 0.5) is 13.2 Å². The number of nitrogens with zero attached hydrogens (tertiary/aromatic N) is 2. The van der Waals surface area contributed by atoms with Crippen molar-refractivity contribution in [3.8, 4) is 0 Å². The Morgan fingerprint density at radius 1 is 1.00 bits per heavy atom. The third kappa shape index (κ3) is 7.75. The molecule has 39 heavy (non-hydrogen) atoms. The van der Waals surface area contributed by atoms with Gasteiger partial charge in [-0.05, 0) is 81.6 Å². The summed E-state index contributed by atoms with van der Waals surface area (Å²) in [6.45, 7) is 8.03. The van der Waals surface area contributed by atoms with E-state index in [2.05, 4.69) is 24.1 Å². The Labute approximate surface area is 230 Å². The zero-order chi connectivity index (χ0) is 28.0. The Morgan fingerprint density at radius 2 is 1.72 bits per heavy atom. The molecular formula is C30H44F3N3O3. The number of hydrogen-bond donors (Lipinski definition) is 1. The lowest BCUT2D eigenvalue weighted by molar-refractivity contribution is -0.143. The first kappa shape index (κ1) is 29.8. The van der Waals surface area contributed by atoms with E-state index in [0.717, 1.165) is 56.2 Å². The Morgan fingerprint density at radius 3 is 2.38 bits per heavy atom. The van der Waals surface area contributed by atoms with Gasteiger partial charge in [-0.1, -0.05) is 38.8 Å². The van der Waals surface area contributed by atoms with Gasteiger partial charge in [0.1, 0.15) is 6.04 Å². The molecule has 1 aromatic carbocycles. The van der Waals surface area contributed by atoms with Crippen molar-refractivity contribution in [2.75, 3.05) is 32.8 Å². The largest absolute Gasteiger partial charge is 0.416 e. The number of piperidine rings is 1. The summed E-state index contributed by atoms with van der Waals surface area (Å²) >= 11 is 0. The van der Waals surface area contributed by atoms with Crippen LogP contribution in [-0.4, -0.2) is 66.5 Å². The maximum absolute atomic E-state index is 14.0. The molecule has 1 N–H and O–H groups in total. The minimum absolute atomic E-state index is 0.00935. The van der Waals surface area contributed by atoms with Crippen LogP contribution in [0.1, 0.15) is 82.8 Å². The summed E-state index contributed by atoms with van der Waals surface area (Å²) in [5.41, 5.74) is -0.352. The van der Waals surface area contributed by atoms with Gasteiger partial charge >= 0.3 is 6.18 Å². The standard InChI is InChI=1S/C30H44F3N3O3/c1-22(2)19-26-27(37)36-15-6-7-25(36)21-39-18-5-3-4-12-29(28(38)34-26)13-16-35(17-14-29)20-23-8-10-24(11-9-23)30(31,32)33/h8-11,22,25-26H,3-7,12-21H2,1-2H3,(H,34,38)/t25-,26-/m0/s1. The number of hydrogen-bond acceptors (Lipinski definition) is 4. The van der Waals surface area contributed by atoms with E-state index in [4.69, 9.17) is 4.74 Å². The van der Waals surface area contributed by atoms with Crippen molar-refractivity contribution in [2.45, 2.75) is 96.4 Å². The Bertz CT molecular complexity index is 958. The number of carbonyl (C=O) groups excluding carboxylic acids is 2. The lowest BCUT2D eigenvalue weighted by atomic mass is 9.73. The highest BCUT2D eigenvalue weighted by molar-refractivity contribution is 5.90. The fourth-order valence-electron chi connectivity index (χ4n) is 6.35. The molecule has 0 saturated carbocycles. The second-order valence-corrected chi connectivity index (χ2v) is 12.1. The number of likely N-dealkylation sites (tertiary alicyclic amines) is 1. The van der Waals surface area contributed by atoms with E-state index in [-0.39, 0.29) is 23.8 Å². The second-order valence-electron chi connectivity index (χ2n) is 12.1. The van der Waals surface area contributed by atoms with Gasteiger partial charge in [-0.3, -0.25) is 14.5 Å². The van der Waals surface area contributed by atoms with Crippen LogP contribution in [0.25, 0.3) is 0 Å². The summed E-state index contributed by atoms with van der Waals surface area (Å²) in [6, 6.07) is 4.88. The van der Waals surface area contributed by atoms with Crippen LogP contribution >= 0.6 is 0 Å². The smallest absolute Gasteiger partial charge is 0.379 e. The molecule has 4 rings (SSSR count). The molecule has 1 aromatic rings. The lowest BCUT2D eigenvalue weighted by Gasteiger charge is -2.42. The average Bonchev–Trinajstić information content (AvgIpc) is 3.36. The van der Waals surface area contributed by atoms with Crippen LogP contribution in [0.2, 0.25) is 0 Å². The molecule has 0 radical (unpaired) electrons. The number of halogens is 3. The fourth-order valence-corrected chi connectivity index (χ4v) is 6.35. The minimum Gasteiger partial charge on any atom is -0.379 e. The van der Waals surface area contributed by atoms with Crippen molar-refractivity contribution in [2.24, 2.45) is 11.3 Å². The van der Waals surface area contributed by atoms with Gasteiger partial charge in [-0.25, -0.2) is 0 Å². The van der Waals surface area contributed by atoms with E-state index in [1.54, 1.807) is 0 Å². The van der Waals surface area contributed by atoms with Crippen molar-refractivity contribution < 1.29 is 27.5 Å². The molecule has 218 valence electrons. The molecule has 2 amide bonds. The van der Waals surface area contributed by atoms with Crippen molar-refractivity contribution in [3.63, 3.8) is 0 Å². The van der Waals surface area contributed by atoms with E-state index in [1.807, 2.05) is 4.90 Å². The summed E-state index contributed by atoms with van der Waals surface area (Å²) in [7, 11) is 0. The van der Waals surface area contributed by atoms with Crippen LogP contribution in [-0.2, 0) is 27.0 Å². The predicted molar refractivity (Wildman–Crippen MR) is 144 cm³/mol. The molecule has 0 aliphatic carbocycles. The molecule has 0 bridgehead atoms. The predicted octanol–water partition coefficient (Wildman–Crippen LogP) is 5.40. The van der Waals surface area contributed by atoms with E-state index in [9.17, 15) is 22.8 Å². The first-order chi connectivity index (χ1) is 18.6. The number of fused-ring (bicyclic) bond motifs is 1. The van der Waals surface area contributed by atoms with Crippen LogP contribution < -0.4 is 5.32 Å². The van der Waals surface area contributed by atoms with Gasteiger partial charge in [-0.2, -0.15) is 13.2 Å². The molecule has 0 unspecified atom stereocenters. The molecule has 2 atom stereocenters. The maximum atomic E-state index is 14.0. The molecule has 1 spiro atoms. The average molecular weight is 552 g/mol. The number of alkyl halides is 3. The third-order valence-corrected chi connectivity index (χ3v) is 8.71. The number of amides is 2. The highest BCUT2D eigenvalue weighted by Crippen LogP contribution is 2.38. The molecule has 3 fully saturated rings. The van der Waals surface area contributed by atoms with Crippen LogP contribution in [0.15, 0.2) is 24.3 Å². The Balaban J connectivity index is 1.46. The second kappa shape index (κ2) is 13.0. The molecule has 3 heterocycles. The van der Waals surface area contributed by atoms with Gasteiger partial charge in [0.15, 0.2) is 0 Å². The summed E-state index contributed by atoms with van der Waals surface area (Å²) in [5, 5.41) is 3.21. The maximum Gasteiger partial charge on any atom is 0.416 e. The topological polar surface area (TPSA) is 61.9 Å². The van der Waals surface area contributed by atoms with Crippen molar-refractivity contribution in [1.82, 2.24) is 15.1 Å². The summed E-state index contributed by atoms with van der Waals surface area (Å²) in [6.07, 6.45) is 3.12. The van der Waals surface area contributed by atoms with Gasteiger partial charge in [0, 0.05) is 19.7 Å². The first-order valence-corrected chi connectivity index (χ1v) is 14.6. The van der Waals surface area contributed by atoms with Crippen LogP contribution in [0, 0.1) is 11.3 Å². The van der Waals surface area contributed by atoms with Gasteiger partial charge in [0.05, 0.1) is 23.6 Å². The summed E-state index contributed by atoms with van der Waals surface area (Å²) < 4.78 is 44.8. The van der Waals surface area contributed by atoms with E-state index >= 15 is 0 Å². The summed E-state index contributed by atoms with van der Waals surface area (Å²) in [4.78, 5) is 31.8. The van der Waals surface area contributed by atoms with E-state index in [1.165, 1.54) is 12.1 Å². The Hall–Kier alpha value is -2.13. The normalized spacial score (nSPS) is 25.9. The van der Waals surface area contributed by atoms with Gasteiger partial charge in [0.25, 0.3) is 0 Å². The van der Waals surface area contributed by atoms with Crippen LogP contribution in [0.3, 0.4) is 0 Å². The quantitative estimate of drug-likeness (QED) is 0.545. The minimum atomic E-state index is -4.34. The Kier molecular flexibility index (Phi) is 9.97. The van der Waals surface area contributed by atoms with Gasteiger partial charge in [-0.15, -0.1) is 0 Å². The molecule has 3 aliphatic heterocycles. The molecule has 3 saturated heterocycles. The van der Waals surface area contributed by atoms with Crippen LogP contribution in [0.5, 0.6) is 0 Å². The number of nitrogens with one attached hydrogen (secondary N) is 1. The monoisotopic (exact) mass is 551 g/mol. The molecule has 9 heteroatoms. The highest BCUT2D eigenvalue weighted by atomic mass is 19.4. The number of carbonyl (C=O) groups is 2. The molecule has 0 aromatic heterocycles. The van der Waals surface area contributed by atoms with Crippen molar-refractivity contribution in [1.29, 1.82) is 0 Å². The lowest BCUT2D eigenvalue weighted by Crippen LogP contribution is -2.56. The molecule has 6 nitrogen and oxygen atoms in total. The number of ether oxygens (including phenoxy) is 1. The zero-order valence-corrected chi connectivity index (χ0v) is 23.4. The van der Waals surface area contributed by atoms with Crippen molar-refractivity contribution >= 4 is 11.8 Å². The highest BCUT2D eigenvalue weighted by Gasteiger charge is 2.43. The summed E-state index contributed by atoms with van der Waals surface area (Å²) in [5.74, 6) is 0.256.